The molecule has 2 atom stereocenters. The van der Waals surface area contributed by atoms with Gasteiger partial charge in [-0.2, -0.15) is 0 Å². The molecule has 10 nitrogen and oxygen atoms in total. The maximum atomic E-state index is 14.6. The lowest BCUT2D eigenvalue weighted by atomic mass is 9.92. The molecule has 3 aliphatic heterocycles. The molecule has 3 aliphatic rings. The molecular formula is C29H35FN6O4S2. The molecule has 1 aromatic carbocycles. The number of hydrogen-bond donors (Lipinski definition) is 2. The number of thiocarbonyl (C=S) groups is 1. The maximum absolute atomic E-state index is 14.6. The van der Waals surface area contributed by atoms with Gasteiger partial charge in [-0.25, -0.2) is 14.2 Å². The first kappa shape index (κ1) is 30.1. The van der Waals surface area contributed by atoms with Crippen molar-refractivity contribution in [3.8, 4) is 0 Å². The number of carbonyl (C=O) groups is 2. The highest BCUT2D eigenvalue weighted by atomic mass is 32.1. The van der Waals surface area contributed by atoms with Crippen LogP contribution in [0.3, 0.4) is 0 Å². The molecule has 0 amide bonds. The standard InChI is InChI=1S/C29H35FN6O4S2/c1-5-40-22(37)13-29(3,4)36-15-18-14-34(10-11-35(18)28(36)41)16-21-23(27(38)39)24(19-7-6-8-20(30)17(19)2)33-25(32-21)26-31-9-12-42-26/h6-9,12,18,24H,5,10-11,13-16H2,1-4H3,(H,32,33)(H,38,39)/t18?,24-/m0/s1. The van der Waals surface area contributed by atoms with E-state index < -0.39 is 23.4 Å². The summed E-state index contributed by atoms with van der Waals surface area (Å²) in [6.07, 6.45) is 1.89. The van der Waals surface area contributed by atoms with E-state index in [2.05, 4.69) is 25.0 Å². The number of aromatic nitrogens is 1. The third-order valence-electron chi connectivity index (χ3n) is 8.03. The maximum Gasteiger partial charge on any atom is 0.335 e. The predicted octanol–water partition coefficient (Wildman–Crippen LogP) is 3.34. The number of rotatable bonds is 9. The molecule has 13 heteroatoms. The number of carboxylic acid groups (broad SMARTS) is 1. The molecule has 1 aromatic heterocycles. The second-order valence-electron chi connectivity index (χ2n) is 11.3. The minimum absolute atomic E-state index is 0.0820. The third-order valence-corrected chi connectivity index (χ3v) is 9.26. The van der Waals surface area contributed by atoms with E-state index in [9.17, 15) is 19.1 Å². The number of hydrogen-bond acceptors (Lipinski definition) is 9. The highest BCUT2D eigenvalue weighted by Crippen LogP contribution is 2.35. The van der Waals surface area contributed by atoms with Crippen LogP contribution in [0.25, 0.3) is 0 Å². The summed E-state index contributed by atoms with van der Waals surface area (Å²) in [7, 11) is 0. The van der Waals surface area contributed by atoms with Crippen LogP contribution in [0.15, 0.2) is 46.0 Å². The lowest BCUT2D eigenvalue weighted by Gasteiger charge is -2.39. The number of nitrogens with one attached hydrogen (secondary N) is 1. The molecule has 0 spiro atoms. The number of benzene rings is 1. The van der Waals surface area contributed by atoms with E-state index in [1.54, 1.807) is 32.2 Å². The van der Waals surface area contributed by atoms with Crippen LogP contribution in [0.1, 0.15) is 49.4 Å². The third kappa shape index (κ3) is 5.90. The van der Waals surface area contributed by atoms with Gasteiger partial charge in [0.15, 0.2) is 16.0 Å². The summed E-state index contributed by atoms with van der Waals surface area (Å²) >= 11 is 7.23. The lowest BCUT2D eigenvalue weighted by molar-refractivity contribution is -0.145. The van der Waals surface area contributed by atoms with Gasteiger partial charge in [0.05, 0.1) is 24.6 Å². The normalized spacial score (nSPS) is 21.3. The fraction of sp³-hybridized carbons (Fsp3) is 0.483. The first-order chi connectivity index (χ1) is 20.0. The van der Waals surface area contributed by atoms with E-state index in [-0.39, 0.29) is 24.0 Å². The number of aliphatic carboxylic acids is 1. The number of esters is 1. The van der Waals surface area contributed by atoms with Crippen LogP contribution < -0.4 is 5.32 Å². The number of carbonyl (C=O) groups excluding carboxylic acids is 1. The average Bonchev–Trinajstić information content (AvgIpc) is 3.58. The van der Waals surface area contributed by atoms with Crippen LogP contribution in [0.5, 0.6) is 0 Å². The highest BCUT2D eigenvalue weighted by Gasteiger charge is 2.45. The topological polar surface area (TPSA) is 111 Å². The molecule has 2 fully saturated rings. The molecule has 0 radical (unpaired) electrons. The van der Waals surface area contributed by atoms with Crippen LogP contribution in [0.2, 0.25) is 0 Å². The van der Waals surface area contributed by atoms with Gasteiger partial charge in [0.25, 0.3) is 0 Å². The Bertz CT molecular complexity index is 1440. The Hall–Kier alpha value is -3.42. The molecule has 0 aliphatic carbocycles. The van der Waals surface area contributed by atoms with Crippen LogP contribution in [0.4, 0.5) is 4.39 Å². The quantitative estimate of drug-likeness (QED) is 0.322. The number of halogens is 1. The van der Waals surface area contributed by atoms with Gasteiger partial charge in [-0.1, -0.05) is 12.1 Å². The van der Waals surface area contributed by atoms with Crippen molar-refractivity contribution < 1.29 is 23.8 Å². The number of aliphatic imine (C=N–C) groups is 1. The zero-order valence-electron chi connectivity index (χ0n) is 24.1. The molecule has 1 unspecified atom stereocenters. The first-order valence-corrected chi connectivity index (χ1v) is 15.2. The second kappa shape index (κ2) is 12.1. The number of carboxylic acids is 1. The lowest BCUT2D eigenvalue weighted by Crippen LogP contribution is -2.53. The van der Waals surface area contributed by atoms with E-state index in [0.717, 1.165) is 5.11 Å². The summed E-state index contributed by atoms with van der Waals surface area (Å²) < 4.78 is 19.8. The van der Waals surface area contributed by atoms with E-state index in [1.807, 2.05) is 19.2 Å². The number of piperazine rings is 1. The summed E-state index contributed by atoms with van der Waals surface area (Å²) in [5.74, 6) is -1.31. The van der Waals surface area contributed by atoms with Crippen molar-refractivity contribution in [2.24, 2.45) is 4.99 Å². The molecular weight excluding hydrogens is 579 g/mol. The predicted molar refractivity (Wildman–Crippen MR) is 162 cm³/mol. The zero-order valence-corrected chi connectivity index (χ0v) is 25.7. The summed E-state index contributed by atoms with van der Waals surface area (Å²) in [6.45, 7) is 10.7. The van der Waals surface area contributed by atoms with Crippen LogP contribution in [-0.4, -0.2) is 98.6 Å². The van der Waals surface area contributed by atoms with Crippen LogP contribution >= 0.6 is 23.6 Å². The molecule has 2 aromatic rings. The largest absolute Gasteiger partial charge is 0.478 e. The molecule has 42 heavy (non-hydrogen) atoms. The van der Waals surface area contributed by atoms with E-state index in [0.29, 0.717) is 67.0 Å². The SMILES string of the molecule is CCOC(=O)CC(C)(C)N1CC2CN(CC3=C(C(=O)O)[C@H](c4cccc(F)c4C)N=C(c4nccs4)N3)CCN2C1=S. The minimum atomic E-state index is -1.11. The highest BCUT2D eigenvalue weighted by molar-refractivity contribution is 7.80. The number of nitrogens with zero attached hydrogens (tertiary/aromatic N) is 5. The Morgan fingerprint density at radius 3 is 2.76 bits per heavy atom. The van der Waals surface area contributed by atoms with Gasteiger partial charge in [0, 0.05) is 55.5 Å². The summed E-state index contributed by atoms with van der Waals surface area (Å²) in [5.41, 5.74) is 0.953. The van der Waals surface area contributed by atoms with Gasteiger partial charge < -0.3 is 25.0 Å². The van der Waals surface area contributed by atoms with Gasteiger partial charge in [0.2, 0.25) is 0 Å². The van der Waals surface area contributed by atoms with Gasteiger partial charge in [-0.05, 0) is 57.1 Å². The van der Waals surface area contributed by atoms with Crippen molar-refractivity contribution in [2.75, 3.05) is 39.3 Å². The zero-order chi connectivity index (χ0) is 30.2. The molecule has 5 rings (SSSR count). The van der Waals surface area contributed by atoms with Crippen LogP contribution in [-0.2, 0) is 14.3 Å². The van der Waals surface area contributed by atoms with Crippen LogP contribution in [0, 0.1) is 12.7 Å². The smallest absolute Gasteiger partial charge is 0.335 e. The van der Waals surface area contributed by atoms with E-state index >= 15 is 0 Å². The Kier molecular flexibility index (Phi) is 8.63. The Morgan fingerprint density at radius 2 is 2.07 bits per heavy atom. The van der Waals surface area contributed by atoms with Gasteiger partial charge in [-0.3, -0.25) is 14.7 Å². The molecule has 2 N–H and O–H groups in total. The van der Waals surface area contributed by atoms with E-state index in [4.69, 9.17) is 21.9 Å². The number of amidine groups is 1. The fourth-order valence-corrected chi connectivity index (χ4v) is 7.02. The number of ether oxygens (including phenoxy) is 1. The molecule has 0 saturated carbocycles. The summed E-state index contributed by atoms with van der Waals surface area (Å²) in [6, 6.07) is 3.85. The minimum Gasteiger partial charge on any atom is -0.478 e. The molecule has 224 valence electrons. The van der Waals surface area contributed by atoms with Gasteiger partial charge in [0.1, 0.15) is 11.9 Å². The molecule has 0 bridgehead atoms. The fourth-order valence-electron chi connectivity index (χ4n) is 5.87. The van der Waals surface area contributed by atoms with Crippen molar-refractivity contribution in [1.29, 1.82) is 0 Å². The first-order valence-electron chi connectivity index (χ1n) is 13.9. The van der Waals surface area contributed by atoms with Crippen molar-refractivity contribution in [2.45, 2.75) is 51.7 Å². The summed E-state index contributed by atoms with van der Waals surface area (Å²) in [5, 5.41) is 16.8. The van der Waals surface area contributed by atoms with E-state index in [1.165, 1.54) is 17.4 Å². The Balaban J connectivity index is 1.40. The monoisotopic (exact) mass is 614 g/mol. The Morgan fingerprint density at radius 1 is 1.29 bits per heavy atom. The van der Waals surface area contributed by atoms with Crippen molar-refractivity contribution in [3.05, 3.63) is 63.0 Å². The second-order valence-corrected chi connectivity index (χ2v) is 12.5. The average molecular weight is 615 g/mol. The van der Waals surface area contributed by atoms with Crippen molar-refractivity contribution >= 4 is 46.4 Å². The summed E-state index contributed by atoms with van der Waals surface area (Å²) in [4.78, 5) is 40.6. The van der Waals surface area contributed by atoms with Crippen molar-refractivity contribution in [3.63, 3.8) is 0 Å². The number of thiazole rings is 1. The van der Waals surface area contributed by atoms with Gasteiger partial charge in [-0.15, -0.1) is 11.3 Å². The Labute approximate surface area is 253 Å². The molecule has 4 heterocycles. The number of fused-ring (bicyclic) bond motifs is 1. The van der Waals surface area contributed by atoms with Gasteiger partial charge >= 0.3 is 11.9 Å². The molecule has 2 saturated heterocycles. The van der Waals surface area contributed by atoms with Crippen molar-refractivity contribution in [1.82, 2.24) is 25.0 Å².